The second-order valence-electron chi connectivity index (χ2n) is 8.33. The van der Waals surface area contributed by atoms with Gasteiger partial charge in [-0.1, -0.05) is 71.8 Å². The second-order valence-corrected chi connectivity index (χ2v) is 8.76. The smallest absolute Gasteiger partial charge is 0.331 e. The molecule has 4 nitrogen and oxygen atoms in total. The van der Waals surface area contributed by atoms with Crippen LogP contribution in [0, 0.1) is 6.92 Å². The zero-order valence-electron chi connectivity index (χ0n) is 18.9. The maximum atomic E-state index is 12.6. The van der Waals surface area contributed by atoms with E-state index in [2.05, 4.69) is 36.5 Å². The monoisotopic (exact) mass is 449 g/mol. The molecule has 1 N–H and O–H groups in total. The minimum absolute atomic E-state index is 0.157. The van der Waals surface area contributed by atoms with Crippen molar-refractivity contribution in [3.8, 4) is 22.3 Å². The standard InChI is InChI=1S/C27H28ClNO3/c1-5-32-26(31)27(3,4)29-25(30)16-19-7-6-8-21(15-19)23-14-13-22(28)17-24(23)20-11-9-18(2)10-12-20/h6-15,17H,5,16H2,1-4H3,(H,29,30). The van der Waals surface area contributed by atoms with Gasteiger partial charge in [0, 0.05) is 5.02 Å². The fourth-order valence-corrected chi connectivity index (χ4v) is 3.70. The van der Waals surface area contributed by atoms with Gasteiger partial charge in [0.1, 0.15) is 5.54 Å². The van der Waals surface area contributed by atoms with Crippen LogP contribution in [0.2, 0.25) is 5.02 Å². The topological polar surface area (TPSA) is 55.4 Å². The van der Waals surface area contributed by atoms with Gasteiger partial charge in [-0.25, -0.2) is 4.79 Å². The van der Waals surface area contributed by atoms with Crippen molar-refractivity contribution in [2.75, 3.05) is 6.61 Å². The van der Waals surface area contributed by atoms with E-state index in [0.29, 0.717) is 5.02 Å². The molecule has 3 aromatic carbocycles. The van der Waals surface area contributed by atoms with Crippen LogP contribution in [-0.4, -0.2) is 24.0 Å². The third kappa shape index (κ3) is 5.77. The fourth-order valence-electron chi connectivity index (χ4n) is 3.53. The van der Waals surface area contributed by atoms with Gasteiger partial charge in [0.15, 0.2) is 0 Å². The minimum Gasteiger partial charge on any atom is -0.464 e. The molecule has 0 aromatic heterocycles. The molecule has 0 aliphatic carbocycles. The van der Waals surface area contributed by atoms with E-state index in [0.717, 1.165) is 27.8 Å². The van der Waals surface area contributed by atoms with Gasteiger partial charge in [0.25, 0.3) is 0 Å². The molecule has 0 saturated carbocycles. The van der Waals surface area contributed by atoms with Gasteiger partial charge in [-0.2, -0.15) is 0 Å². The highest BCUT2D eigenvalue weighted by molar-refractivity contribution is 6.31. The van der Waals surface area contributed by atoms with E-state index in [9.17, 15) is 9.59 Å². The number of esters is 1. The van der Waals surface area contributed by atoms with Crippen LogP contribution in [0.15, 0.2) is 66.7 Å². The molecular formula is C27H28ClNO3. The van der Waals surface area contributed by atoms with Crippen LogP contribution in [0.5, 0.6) is 0 Å². The molecule has 0 bridgehead atoms. The molecule has 166 valence electrons. The van der Waals surface area contributed by atoms with Crippen molar-refractivity contribution in [2.24, 2.45) is 0 Å². The van der Waals surface area contributed by atoms with Crippen molar-refractivity contribution < 1.29 is 14.3 Å². The molecule has 1 amide bonds. The summed E-state index contributed by atoms with van der Waals surface area (Å²) in [4.78, 5) is 24.7. The number of rotatable bonds is 7. The van der Waals surface area contributed by atoms with Crippen molar-refractivity contribution in [1.82, 2.24) is 5.32 Å². The lowest BCUT2D eigenvalue weighted by Gasteiger charge is -2.23. The summed E-state index contributed by atoms with van der Waals surface area (Å²) in [7, 11) is 0. The first kappa shape index (κ1) is 23.6. The molecule has 0 saturated heterocycles. The molecule has 3 aromatic rings. The number of carbonyl (C=O) groups is 2. The van der Waals surface area contributed by atoms with Gasteiger partial charge < -0.3 is 10.1 Å². The Balaban J connectivity index is 1.86. The molecule has 5 heteroatoms. The highest BCUT2D eigenvalue weighted by atomic mass is 35.5. The lowest BCUT2D eigenvalue weighted by molar-refractivity contribution is -0.151. The van der Waals surface area contributed by atoms with Crippen molar-refractivity contribution in [2.45, 2.75) is 39.7 Å². The fraction of sp³-hybridized carbons (Fsp3) is 0.259. The molecule has 0 heterocycles. The number of aryl methyl sites for hydroxylation is 1. The maximum Gasteiger partial charge on any atom is 0.331 e. The van der Waals surface area contributed by atoms with Crippen LogP contribution in [0.3, 0.4) is 0 Å². The van der Waals surface area contributed by atoms with Gasteiger partial charge in [-0.05, 0) is 67.6 Å². The van der Waals surface area contributed by atoms with Crippen molar-refractivity contribution >= 4 is 23.5 Å². The lowest BCUT2D eigenvalue weighted by atomic mass is 9.93. The Morgan fingerprint density at radius 3 is 2.34 bits per heavy atom. The first-order valence-electron chi connectivity index (χ1n) is 10.6. The Morgan fingerprint density at radius 2 is 1.66 bits per heavy atom. The number of nitrogens with one attached hydrogen (secondary N) is 1. The average Bonchev–Trinajstić information content (AvgIpc) is 2.74. The Kier molecular flexibility index (Phi) is 7.37. The van der Waals surface area contributed by atoms with Gasteiger partial charge >= 0.3 is 5.97 Å². The number of halogens is 1. The first-order chi connectivity index (χ1) is 15.2. The van der Waals surface area contributed by atoms with E-state index in [4.69, 9.17) is 16.3 Å². The summed E-state index contributed by atoms with van der Waals surface area (Å²) in [5, 5.41) is 3.44. The largest absolute Gasteiger partial charge is 0.464 e. The second kappa shape index (κ2) is 10.0. The number of carbonyl (C=O) groups excluding carboxylic acids is 2. The minimum atomic E-state index is -1.08. The van der Waals surface area contributed by atoms with Gasteiger partial charge in [-0.15, -0.1) is 0 Å². The van der Waals surface area contributed by atoms with Crippen LogP contribution < -0.4 is 5.32 Å². The Bertz CT molecular complexity index is 1120. The zero-order valence-corrected chi connectivity index (χ0v) is 19.6. The molecule has 0 atom stereocenters. The number of ether oxygens (including phenoxy) is 1. The van der Waals surface area contributed by atoms with E-state index in [1.165, 1.54) is 5.56 Å². The highest BCUT2D eigenvalue weighted by Gasteiger charge is 2.30. The summed E-state index contributed by atoms with van der Waals surface area (Å²) in [5.41, 5.74) is 5.09. The zero-order chi connectivity index (χ0) is 23.3. The molecule has 0 spiro atoms. The predicted molar refractivity (Wildman–Crippen MR) is 130 cm³/mol. The Morgan fingerprint density at radius 1 is 0.938 bits per heavy atom. The van der Waals surface area contributed by atoms with Gasteiger partial charge in [0.2, 0.25) is 5.91 Å². The number of hydrogen-bond acceptors (Lipinski definition) is 3. The summed E-state index contributed by atoms with van der Waals surface area (Å²) in [6.07, 6.45) is 0.157. The summed E-state index contributed by atoms with van der Waals surface area (Å²) in [6, 6.07) is 22.0. The molecule has 0 aliphatic heterocycles. The van der Waals surface area contributed by atoms with E-state index in [-0.39, 0.29) is 18.9 Å². The predicted octanol–water partition coefficient (Wildman–Crippen LogP) is 5.98. The molecule has 32 heavy (non-hydrogen) atoms. The van der Waals surface area contributed by atoms with Crippen LogP contribution >= 0.6 is 11.6 Å². The summed E-state index contributed by atoms with van der Waals surface area (Å²) in [6.45, 7) is 7.34. The lowest BCUT2D eigenvalue weighted by Crippen LogP contribution is -2.51. The maximum absolute atomic E-state index is 12.6. The molecular weight excluding hydrogens is 422 g/mol. The summed E-state index contributed by atoms with van der Waals surface area (Å²) < 4.78 is 5.04. The quantitative estimate of drug-likeness (QED) is 0.451. The Hall–Kier alpha value is -3.11. The molecule has 0 fully saturated rings. The van der Waals surface area contributed by atoms with E-state index >= 15 is 0 Å². The molecule has 0 unspecified atom stereocenters. The summed E-state index contributed by atoms with van der Waals surface area (Å²) >= 11 is 6.30. The first-order valence-corrected chi connectivity index (χ1v) is 11.0. The Labute approximate surface area is 194 Å². The van der Waals surface area contributed by atoms with E-state index in [1.807, 2.05) is 42.5 Å². The van der Waals surface area contributed by atoms with Crippen LogP contribution in [0.25, 0.3) is 22.3 Å². The van der Waals surface area contributed by atoms with Crippen LogP contribution in [0.4, 0.5) is 0 Å². The average molecular weight is 450 g/mol. The van der Waals surface area contributed by atoms with Crippen LogP contribution in [-0.2, 0) is 20.7 Å². The van der Waals surface area contributed by atoms with Gasteiger partial charge in [-0.3, -0.25) is 4.79 Å². The van der Waals surface area contributed by atoms with Crippen LogP contribution in [0.1, 0.15) is 31.9 Å². The summed E-state index contributed by atoms with van der Waals surface area (Å²) in [5.74, 6) is -0.693. The van der Waals surface area contributed by atoms with Crippen molar-refractivity contribution in [1.29, 1.82) is 0 Å². The van der Waals surface area contributed by atoms with E-state index < -0.39 is 11.5 Å². The normalized spacial score (nSPS) is 11.2. The third-order valence-electron chi connectivity index (χ3n) is 5.18. The third-order valence-corrected chi connectivity index (χ3v) is 5.42. The number of benzene rings is 3. The SMILES string of the molecule is CCOC(=O)C(C)(C)NC(=O)Cc1cccc(-c2ccc(Cl)cc2-c2ccc(C)cc2)c1. The molecule has 0 radical (unpaired) electrons. The van der Waals surface area contributed by atoms with Crippen molar-refractivity contribution in [3.05, 3.63) is 82.9 Å². The molecule has 0 aliphatic rings. The number of hydrogen-bond donors (Lipinski definition) is 1. The molecule has 3 rings (SSSR count). The number of amides is 1. The highest BCUT2D eigenvalue weighted by Crippen LogP contribution is 2.34. The van der Waals surface area contributed by atoms with Gasteiger partial charge in [0.05, 0.1) is 13.0 Å². The van der Waals surface area contributed by atoms with E-state index in [1.54, 1.807) is 20.8 Å². The van der Waals surface area contributed by atoms with Crippen molar-refractivity contribution in [3.63, 3.8) is 0 Å².